The van der Waals surface area contributed by atoms with Gasteiger partial charge in [0.2, 0.25) is 5.91 Å². The molecule has 0 atom stereocenters. The second-order valence-corrected chi connectivity index (χ2v) is 7.63. The monoisotopic (exact) mass is 428 g/mol. The standard InChI is InChI=1S/C22H25ClN4O3/c23-17-7-11-19(12-8-17)27-22(30)25-14-13-24-20(28)16-5-9-18(10-6-16)26-21(29)15-3-1-2-4-15/h5-12,15H,1-4,13-14H2,(H,24,28)(H,26,29)(H2,25,27,30). The fourth-order valence-corrected chi connectivity index (χ4v) is 3.43. The zero-order chi connectivity index (χ0) is 21.3. The van der Waals surface area contributed by atoms with Crippen LogP contribution in [-0.2, 0) is 4.79 Å². The summed E-state index contributed by atoms with van der Waals surface area (Å²) in [6, 6.07) is 13.2. The molecule has 4 N–H and O–H groups in total. The molecule has 2 aromatic rings. The summed E-state index contributed by atoms with van der Waals surface area (Å²) < 4.78 is 0. The van der Waals surface area contributed by atoms with Crippen molar-refractivity contribution in [3.05, 3.63) is 59.1 Å². The van der Waals surface area contributed by atoms with Gasteiger partial charge in [0, 0.05) is 41.0 Å². The van der Waals surface area contributed by atoms with E-state index in [1.165, 1.54) is 0 Å². The number of amides is 4. The second-order valence-electron chi connectivity index (χ2n) is 7.19. The molecule has 8 heteroatoms. The van der Waals surface area contributed by atoms with Crippen LogP contribution in [0.5, 0.6) is 0 Å². The Morgan fingerprint density at radius 2 is 1.37 bits per heavy atom. The molecule has 1 saturated carbocycles. The largest absolute Gasteiger partial charge is 0.350 e. The maximum absolute atomic E-state index is 12.2. The van der Waals surface area contributed by atoms with Crippen LogP contribution in [0.4, 0.5) is 16.2 Å². The van der Waals surface area contributed by atoms with Crippen LogP contribution in [0.2, 0.25) is 5.02 Å². The van der Waals surface area contributed by atoms with Gasteiger partial charge in [0.05, 0.1) is 0 Å². The first kappa shape index (κ1) is 21.6. The summed E-state index contributed by atoms with van der Waals surface area (Å²) in [5, 5.41) is 11.6. The third-order valence-corrected chi connectivity index (χ3v) is 5.19. The number of urea groups is 1. The molecule has 7 nitrogen and oxygen atoms in total. The molecule has 0 heterocycles. The van der Waals surface area contributed by atoms with Crippen LogP contribution in [0.15, 0.2) is 48.5 Å². The third-order valence-electron chi connectivity index (χ3n) is 4.94. The molecule has 1 aliphatic carbocycles. The zero-order valence-corrected chi connectivity index (χ0v) is 17.3. The quantitative estimate of drug-likeness (QED) is 0.501. The lowest BCUT2D eigenvalue weighted by Gasteiger charge is -2.11. The van der Waals surface area contributed by atoms with Gasteiger partial charge in [0.1, 0.15) is 0 Å². The van der Waals surface area contributed by atoms with Crippen molar-refractivity contribution in [2.45, 2.75) is 25.7 Å². The highest BCUT2D eigenvalue weighted by molar-refractivity contribution is 6.30. The van der Waals surface area contributed by atoms with E-state index in [9.17, 15) is 14.4 Å². The Labute approximate surface area is 180 Å². The normalized spacial score (nSPS) is 13.5. The maximum atomic E-state index is 12.2. The highest BCUT2D eigenvalue weighted by Gasteiger charge is 2.22. The van der Waals surface area contributed by atoms with Crippen molar-refractivity contribution in [2.24, 2.45) is 5.92 Å². The average Bonchev–Trinajstić information content (AvgIpc) is 3.28. The summed E-state index contributed by atoms with van der Waals surface area (Å²) in [5.41, 5.74) is 1.80. The van der Waals surface area contributed by atoms with Crippen LogP contribution in [0.25, 0.3) is 0 Å². The number of carbonyl (C=O) groups is 3. The summed E-state index contributed by atoms with van der Waals surface area (Å²) >= 11 is 5.80. The molecule has 1 fully saturated rings. The van der Waals surface area contributed by atoms with E-state index in [-0.39, 0.29) is 36.9 Å². The van der Waals surface area contributed by atoms with Gasteiger partial charge in [-0.25, -0.2) is 4.79 Å². The first-order valence-electron chi connectivity index (χ1n) is 10.0. The second kappa shape index (κ2) is 10.6. The number of carbonyl (C=O) groups excluding carboxylic acids is 3. The highest BCUT2D eigenvalue weighted by atomic mass is 35.5. The van der Waals surface area contributed by atoms with Crippen molar-refractivity contribution in [3.8, 4) is 0 Å². The van der Waals surface area contributed by atoms with Crippen molar-refractivity contribution >= 4 is 40.8 Å². The Balaban J connectivity index is 1.36. The van der Waals surface area contributed by atoms with Crippen LogP contribution in [0.1, 0.15) is 36.0 Å². The summed E-state index contributed by atoms with van der Waals surface area (Å²) in [6.07, 6.45) is 4.10. The molecular weight excluding hydrogens is 404 g/mol. The molecule has 4 amide bonds. The maximum Gasteiger partial charge on any atom is 0.319 e. The van der Waals surface area contributed by atoms with E-state index in [2.05, 4.69) is 21.3 Å². The summed E-state index contributed by atoms with van der Waals surface area (Å²) in [6.45, 7) is 0.563. The lowest BCUT2D eigenvalue weighted by Crippen LogP contribution is -2.36. The van der Waals surface area contributed by atoms with Gasteiger partial charge in [-0.15, -0.1) is 0 Å². The molecule has 0 radical (unpaired) electrons. The molecule has 3 rings (SSSR count). The number of anilines is 2. The first-order chi connectivity index (χ1) is 14.5. The van der Waals surface area contributed by atoms with Crippen LogP contribution >= 0.6 is 11.6 Å². The summed E-state index contributed by atoms with van der Waals surface area (Å²) in [7, 11) is 0. The lowest BCUT2D eigenvalue weighted by molar-refractivity contribution is -0.119. The van der Waals surface area contributed by atoms with Crippen molar-refractivity contribution in [3.63, 3.8) is 0 Å². The highest BCUT2D eigenvalue weighted by Crippen LogP contribution is 2.26. The Bertz CT molecular complexity index is 878. The zero-order valence-electron chi connectivity index (χ0n) is 16.5. The smallest absolute Gasteiger partial charge is 0.319 e. The Kier molecular flexibility index (Phi) is 7.68. The molecule has 0 aromatic heterocycles. The minimum atomic E-state index is -0.367. The molecule has 0 bridgehead atoms. The number of benzene rings is 2. The summed E-state index contributed by atoms with van der Waals surface area (Å²) in [5.74, 6) is -0.103. The molecule has 158 valence electrons. The van der Waals surface area contributed by atoms with E-state index in [0.29, 0.717) is 22.0 Å². The lowest BCUT2D eigenvalue weighted by atomic mass is 10.1. The Morgan fingerprint density at radius 1 is 0.800 bits per heavy atom. The van der Waals surface area contributed by atoms with E-state index in [0.717, 1.165) is 25.7 Å². The number of halogens is 1. The van der Waals surface area contributed by atoms with Crippen molar-refractivity contribution in [1.82, 2.24) is 10.6 Å². The van der Waals surface area contributed by atoms with Crippen LogP contribution in [0, 0.1) is 5.92 Å². The van der Waals surface area contributed by atoms with Gasteiger partial charge in [-0.2, -0.15) is 0 Å². The van der Waals surface area contributed by atoms with E-state index in [4.69, 9.17) is 11.6 Å². The molecule has 0 spiro atoms. The molecule has 0 saturated heterocycles. The van der Waals surface area contributed by atoms with E-state index in [1.54, 1.807) is 48.5 Å². The number of rotatable bonds is 7. The third kappa shape index (κ3) is 6.49. The predicted molar refractivity (Wildman–Crippen MR) is 118 cm³/mol. The fraction of sp³-hybridized carbons (Fsp3) is 0.318. The first-order valence-corrected chi connectivity index (χ1v) is 10.4. The van der Waals surface area contributed by atoms with Gasteiger partial charge in [-0.3, -0.25) is 9.59 Å². The van der Waals surface area contributed by atoms with E-state index >= 15 is 0 Å². The minimum absolute atomic E-state index is 0.0488. The van der Waals surface area contributed by atoms with Crippen molar-refractivity contribution in [2.75, 3.05) is 23.7 Å². The van der Waals surface area contributed by atoms with Gasteiger partial charge in [0.15, 0.2) is 0 Å². The van der Waals surface area contributed by atoms with Crippen molar-refractivity contribution < 1.29 is 14.4 Å². The minimum Gasteiger partial charge on any atom is -0.350 e. The van der Waals surface area contributed by atoms with Gasteiger partial charge in [0.25, 0.3) is 5.91 Å². The average molecular weight is 429 g/mol. The number of hydrogen-bond donors (Lipinski definition) is 4. The molecule has 0 aliphatic heterocycles. The van der Waals surface area contributed by atoms with Crippen LogP contribution in [0.3, 0.4) is 0 Å². The molecule has 30 heavy (non-hydrogen) atoms. The molecule has 0 unspecified atom stereocenters. The molecule has 1 aliphatic rings. The number of hydrogen-bond acceptors (Lipinski definition) is 3. The van der Waals surface area contributed by atoms with Gasteiger partial charge in [-0.1, -0.05) is 24.4 Å². The Morgan fingerprint density at radius 3 is 2.03 bits per heavy atom. The van der Waals surface area contributed by atoms with Gasteiger partial charge >= 0.3 is 6.03 Å². The SMILES string of the molecule is O=C(NCCNC(=O)c1ccc(NC(=O)C2CCCC2)cc1)Nc1ccc(Cl)cc1. The molecular formula is C22H25ClN4O3. The number of nitrogens with one attached hydrogen (secondary N) is 4. The van der Waals surface area contributed by atoms with E-state index < -0.39 is 0 Å². The van der Waals surface area contributed by atoms with Gasteiger partial charge < -0.3 is 21.3 Å². The fourth-order valence-electron chi connectivity index (χ4n) is 3.30. The van der Waals surface area contributed by atoms with Crippen LogP contribution in [-0.4, -0.2) is 30.9 Å². The molecule has 2 aromatic carbocycles. The predicted octanol–water partition coefficient (Wildman–Crippen LogP) is 4.02. The van der Waals surface area contributed by atoms with Crippen molar-refractivity contribution in [1.29, 1.82) is 0 Å². The van der Waals surface area contributed by atoms with Crippen LogP contribution < -0.4 is 21.3 Å². The van der Waals surface area contributed by atoms with Gasteiger partial charge in [-0.05, 0) is 61.4 Å². The summed E-state index contributed by atoms with van der Waals surface area (Å²) in [4.78, 5) is 36.2. The van der Waals surface area contributed by atoms with E-state index in [1.807, 2.05) is 0 Å². The Hall–Kier alpha value is -3.06. The topological polar surface area (TPSA) is 99.3 Å².